The van der Waals surface area contributed by atoms with Gasteiger partial charge in [0.2, 0.25) is 0 Å². The van der Waals surface area contributed by atoms with E-state index in [1.54, 1.807) is 12.1 Å². The van der Waals surface area contributed by atoms with Crippen molar-refractivity contribution in [3.63, 3.8) is 0 Å². The minimum Gasteiger partial charge on any atom is -0.362 e. The van der Waals surface area contributed by atoms with Crippen LogP contribution in [-0.2, 0) is 0 Å². The van der Waals surface area contributed by atoms with E-state index >= 15 is 0 Å². The third-order valence-electron chi connectivity index (χ3n) is 2.17. The Kier molecular flexibility index (Phi) is 6.13. The molecule has 0 bridgehead atoms. The van der Waals surface area contributed by atoms with Gasteiger partial charge in [-0.15, -0.1) is 0 Å². The Balaban J connectivity index is 2.33. The number of hydrogen-bond donors (Lipinski definition) is 2. The lowest BCUT2D eigenvalue weighted by molar-refractivity contribution is 0.800. The molecule has 1 aromatic carbocycles. The lowest BCUT2D eigenvalue weighted by atomic mass is 10.2. The zero-order valence-corrected chi connectivity index (χ0v) is 13.1. The molecule has 3 nitrogen and oxygen atoms in total. The molecule has 0 aliphatic carbocycles. The van der Waals surface area contributed by atoms with Crippen LogP contribution in [0.4, 0.5) is 5.69 Å². The molecule has 0 atom stereocenters. The fourth-order valence-electron chi connectivity index (χ4n) is 1.36. The van der Waals surface area contributed by atoms with Crippen molar-refractivity contribution in [2.45, 2.75) is 25.5 Å². The fourth-order valence-corrected chi connectivity index (χ4v) is 2.40. The van der Waals surface area contributed by atoms with Crippen molar-refractivity contribution in [1.82, 2.24) is 5.32 Å². The highest BCUT2D eigenvalue weighted by Crippen LogP contribution is 2.22. The molecule has 1 rings (SSSR count). The van der Waals surface area contributed by atoms with Crippen molar-refractivity contribution in [3.05, 3.63) is 29.8 Å². The van der Waals surface area contributed by atoms with Gasteiger partial charge >= 0.3 is 0 Å². The second-order valence-corrected chi connectivity index (χ2v) is 7.36. The molecule has 0 unspecified atom stereocenters. The molecule has 19 heavy (non-hydrogen) atoms. The van der Waals surface area contributed by atoms with Crippen LogP contribution in [0, 0.1) is 11.3 Å². The summed E-state index contributed by atoms with van der Waals surface area (Å²) in [4.78, 5) is 0. The number of rotatable bonds is 4. The lowest BCUT2D eigenvalue weighted by Gasteiger charge is -2.18. The van der Waals surface area contributed by atoms with Crippen LogP contribution in [0.2, 0.25) is 0 Å². The number of thiocarbonyl (C=S) groups is 1. The Morgan fingerprint density at radius 3 is 2.79 bits per heavy atom. The summed E-state index contributed by atoms with van der Waals surface area (Å²) in [6.07, 6.45) is 0. The highest BCUT2D eigenvalue weighted by atomic mass is 32.2. The zero-order chi connectivity index (χ0) is 14.3. The summed E-state index contributed by atoms with van der Waals surface area (Å²) >= 11 is 7.10. The predicted octanol–water partition coefficient (Wildman–Crippen LogP) is 3.38. The number of nitrogens with zero attached hydrogens (tertiary/aromatic N) is 1. The second-order valence-electron chi connectivity index (χ2n) is 5.03. The zero-order valence-electron chi connectivity index (χ0n) is 11.5. The molecule has 0 heterocycles. The predicted molar refractivity (Wildman–Crippen MR) is 87.6 cm³/mol. The number of nitriles is 1. The highest BCUT2D eigenvalue weighted by molar-refractivity contribution is 8.00. The third-order valence-corrected chi connectivity index (χ3v) is 3.69. The third kappa shape index (κ3) is 7.04. The average Bonchev–Trinajstić information content (AvgIpc) is 2.34. The van der Waals surface area contributed by atoms with Gasteiger partial charge in [0.25, 0.3) is 0 Å². The summed E-state index contributed by atoms with van der Waals surface area (Å²) in [6, 6.07) is 9.36. The molecule has 0 fully saturated rings. The normalized spacial score (nSPS) is 10.6. The Labute approximate surface area is 124 Å². The maximum atomic E-state index is 8.82. The first-order valence-electron chi connectivity index (χ1n) is 6.10. The molecule has 0 aromatic heterocycles. The summed E-state index contributed by atoms with van der Waals surface area (Å²) < 4.78 is 0.276. The van der Waals surface area contributed by atoms with E-state index in [-0.39, 0.29) is 4.75 Å². The standard InChI is InChI=1S/C14H19N3S2/c1-14(2,3)19-8-7-16-13(18)17-12-6-4-5-11(9-12)10-15/h4-6,9H,7-8H2,1-3H3,(H2,16,17,18). The fraction of sp³-hybridized carbons (Fsp3) is 0.429. The van der Waals surface area contributed by atoms with Gasteiger partial charge < -0.3 is 10.6 Å². The van der Waals surface area contributed by atoms with Crippen LogP contribution >= 0.6 is 24.0 Å². The largest absolute Gasteiger partial charge is 0.362 e. The molecule has 0 spiro atoms. The van der Waals surface area contributed by atoms with Crippen LogP contribution in [-0.4, -0.2) is 22.2 Å². The smallest absolute Gasteiger partial charge is 0.170 e. The van der Waals surface area contributed by atoms with E-state index < -0.39 is 0 Å². The lowest BCUT2D eigenvalue weighted by Crippen LogP contribution is -2.30. The first-order chi connectivity index (χ1) is 8.90. The number of hydrogen-bond acceptors (Lipinski definition) is 3. The summed E-state index contributed by atoms with van der Waals surface area (Å²) in [5, 5.41) is 15.6. The molecule has 1 aromatic rings. The van der Waals surface area contributed by atoms with Crippen LogP contribution < -0.4 is 10.6 Å². The Morgan fingerprint density at radius 1 is 1.42 bits per heavy atom. The summed E-state index contributed by atoms with van der Waals surface area (Å²) in [6.45, 7) is 7.41. The molecular weight excluding hydrogens is 274 g/mol. The molecule has 0 radical (unpaired) electrons. The molecule has 0 amide bonds. The summed E-state index contributed by atoms with van der Waals surface area (Å²) in [5.41, 5.74) is 1.45. The van der Waals surface area contributed by atoms with E-state index in [0.29, 0.717) is 10.7 Å². The van der Waals surface area contributed by atoms with Crippen LogP contribution in [0.25, 0.3) is 0 Å². The summed E-state index contributed by atoms with van der Waals surface area (Å²) in [7, 11) is 0. The Morgan fingerprint density at radius 2 is 2.16 bits per heavy atom. The van der Waals surface area contributed by atoms with Crippen molar-refractivity contribution >= 4 is 34.8 Å². The van der Waals surface area contributed by atoms with E-state index in [2.05, 4.69) is 37.5 Å². The summed E-state index contributed by atoms with van der Waals surface area (Å²) in [5.74, 6) is 1.00. The van der Waals surface area contributed by atoms with Gasteiger partial charge in [-0.2, -0.15) is 17.0 Å². The number of thioether (sulfide) groups is 1. The van der Waals surface area contributed by atoms with Gasteiger partial charge in [-0.1, -0.05) is 26.8 Å². The van der Waals surface area contributed by atoms with Gasteiger partial charge in [-0.25, -0.2) is 0 Å². The molecule has 0 aliphatic rings. The second kappa shape index (κ2) is 7.37. The van der Waals surface area contributed by atoms with E-state index in [4.69, 9.17) is 17.5 Å². The topological polar surface area (TPSA) is 47.8 Å². The van der Waals surface area contributed by atoms with Crippen molar-refractivity contribution in [2.75, 3.05) is 17.6 Å². The van der Waals surface area contributed by atoms with E-state index in [0.717, 1.165) is 18.0 Å². The van der Waals surface area contributed by atoms with Crippen LogP contribution in [0.15, 0.2) is 24.3 Å². The van der Waals surface area contributed by atoms with Crippen molar-refractivity contribution in [1.29, 1.82) is 5.26 Å². The van der Waals surface area contributed by atoms with Crippen molar-refractivity contribution in [2.24, 2.45) is 0 Å². The Bertz CT molecular complexity index is 472. The molecule has 0 saturated carbocycles. The van der Waals surface area contributed by atoms with E-state index in [9.17, 15) is 0 Å². The maximum absolute atomic E-state index is 8.82. The van der Waals surface area contributed by atoms with Gasteiger partial charge in [0.05, 0.1) is 11.6 Å². The molecule has 2 N–H and O–H groups in total. The van der Waals surface area contributed by atoms with Crippen LogP contribution in [0.5, 0.6) is 0 Å². The molecule has 5 heteroatoms. The SMILES string of the molecule is CC(C)(C)SCCNC(=S)Nc1cccc(C#N)c1. The van der Waals surface area contributed by atoms with E-state index in [1.807, 2.05) is 23.9 Å². The van der Waals surface area contributed by atoms with Crippen LogP contribution in [0.3, 0.4) is 0 Å². The van der Waals surface area contributed by atoms with Gasteiger partial charge in [-0.3, -0.25) is 0 Å². The van der Waals surface area contributed by atoms with Crippen molar-refractivity contribution in [3.8, 4) is 6.07 Å². The molecule has 0 aliphatic heterocycles. The average molecular weight is 293 g/mol. The van der Waals surface area contributed by atoms with Crippen LogP contribution in [0.1, 0.15) is 26.3 Å². The van der Waals surface area contributed by atoms with Gasteiger partial charge in [0.15, 0.2) is 5.11 Å². The minimum atomic E-state index is 0.276. The monoisotopic (exact) mass is 293 g/mol. The molecular formula is C14H19N3S2. The highest BCUT2D eigenvalue weighted by Gasteiger charge is 2.09. The first-order valence-corrected chi connectivity index (χ1v) is 7.49. The van der Waals surface area contributed by atoms with Gasteiger partial charge in [-0.05, 0) is 30.4 Å². The number of benzene rings is 1. The number of anilines is 1. The molecule has 102 valence electrons. The maximum Gasteiger partial charge on any atom is 0.170 e. The van der Waals surface area contributed by atoms with Gasteiger partial charge in [0, 0.05) is 22.7 Å². The van der Waals surface area contributed by atoms with Crippen molar-refractivity contribution < 1.29 is 0 Å². The molecule has 0 saturated heterocycles. The van der Waals surface area contributed by atoms with Gasteiger partial charge in [0.1, 0.15) is 0 Å². The first kappa shape index (κ1) is 15.8. The van der Waals surface area contributed by atoms with E-state index in [1.165, 1.54) is 0 Å². The Hall–Kier alpha value is -1.25. The minimum absolute atomic E-state index is 0.276. The number of nitrogens with one attached hydrogen (secondary N) is 2. The quantitative estimate of drug-likeness (QED) is 0.658.